The third kappa shape index (κ3) is 2.99. The molecule has 0 spiro atoms. The number of para-hydroxylation sites is 1. The van der Waals surface area contributed by atoms with E-state index in [1.54, 1.807) is 0 Å². The third-order valence-corrected chi connectivity index (χ3v) is 6.05. The molecule has 0 radical (unpaired) electrons. The number of hydrogen-bond donors (Lipinski definition) is 3. The van der Waals surface area contributed by atoms with Crippen molar-refractivity contribution in [1.29, 1.82) is 0 Å². The lowest BCUT2D eigenvalue weighted by Gasteiger charge is -2.18. The summed E-state index contributed by atoms with van der Waals surface area (Å²) in [5, 5.41) is 5.53. The first-order valence-corrected chi connectivity index (χ1v) is 10.2. The molecule has 0 unspecified atom stereocenters. The van der Waals surface area contributed by atoms with Gasteiger partial charge in [-0.3, -0.25) is 4.79 Å². The molecule has 4 heteroatoms. The van der Waals surface area contributed by atoms with Gasteiger partial charge in [0.05, 0.1) is 0 Å². The molecule has 1 aliphatic carbocycles. The molecule has 2 aromatic heterocycles. The van der Waals surface area contributed by atoms with Gasteiger partial charge in [0.15, 0.2) is 0 Å². The zero-order valence-corrected chi connectivity index (χ0v) is 16.1. The van der Waals surface area contributed by atoms with Gasteiger partial charge in [-0.25, -0.2) is 0 Å². The summed E-state index contributed by atoms with van der Waals surface area (Å²) in [6.45, 7) is 2.93. The topological polar surface area (TPSA) is 60.7 Å². The number of benzene rings is 2. The summed E-state index contributed by atoms with van der Waals surface area (Å²) >= 11 is 0. The molecule has 5 rings (SSSR count). The predicted molar refractivity (Wildman–Crippen MR) is 114 cm³/mol. The van der Waals surface area contributed by atoms with Crippen LogP contribution in [0.2, 0.25) is 0 Å². The van der Waals surface area contributed by atoms with E-state index in [-0.39, 0.29) is 5.91 Å². The minimum Gasteiger partial charge on any atom is -0.361 e. The molecule has 0 saturated heterocycles. The summed E-state index contributed by atoms with van der Waals surface area (Å²) in [5.74, 6) is 0.709. The van der Waals surface area contributed by atoms with Crippen LogP contribution in [0.1, 0.15) is 40.5 Å². The van der Waals surface area contributed by atoms with Gasteiger partial charge in [-0.05, 0) is 67.0 Å². The highest BCUT2D eigenvalue weighted by Crippen LogP contribution is 2.32. The molecule has 3 N–H and O–H groups in total. The van der Waals surface area contributed by atoms with E-state index in [4.69, 9.17) is 0 Å². The first kappa shape index (κ1) is 17.1. The molecular formula is C24H25N3O. The smallest absolute Gasteiger partial charge is 0.251 e. The lowest BCUT2D eigenvalue weighted by molar-refractivity contribution is 0.0954. The van der Waals surface area contributed by atoms with Crippen molar-refractivity contribution in [1.82, 2.24) is 15.3 Å². The van der Waals surface area contributed by atoms with Gasteiger partial charge in [0.2, 0.25) is 0 Å². The molecule has 1 amide bonds. The van der Waals surface area contributed by atoms with E-state index in [0.29, 0.717) is 12.5 Å². The van der Waals surface area contributed by atoms with Crippen LogP contribution in [0.5, 0.6) is 0 Å². The number of nitrogens with one attached hydrogen (secondary N) is 3. The van der Waals surface area contributed by atoms with Crippen LogP contribution in [0.15, 0.2) is 48.7 Å². The second kappa shape index (κ2) is 6.86. The molecule has 1 aliphatic rings. The summed E-state index contributed by atoms with van der Waals surface area (Å²) in [5.41, 5.74) is 7.02. The number of amides is 1. The minimum atomic E-state index is 0.000508. The summed E-state index contributed by atoms with van der Waals surface area (Å²) in [6, 6.07) is 14.3. The monoisotopic (exact) mass is 371 g/mol. The average Bonchev–Trinajstić information content (AvgIpc) is 3.29. The summed E-state index contributed by atoms with van der Waals surface area (Å²) in [6.07, 6.45) is 6.30. The zero-order valence-electron chi connectivity index (χ0n) is 16.1. The van der Waals surface area contributed by atoms with Crippen molar-refractivity contribution >= 4 is 27.7 Å². The first-order valence-electron chi connectivity index (χ1n) is 10.2. The van der Waals surface area contributed by atoms with Crippen molar-refractivity contribution in [2.24, 2.45) is 5.92 Å². The normalized spacial score (nSPS) is 16.4. The first-order chi connectivity index (χ1) is 13.7. The van der Waals surface area contributed by atoms with Crippen LogP contribution in [-0.2, 0) is 19.3 Å². The van der Waals surface area contributed by atoms with Gasteiger partial charge in [0, 0.05) is 45.8 Å². The molecule has 1 atom stereocenters. The highest BCUT2D eigenvalue weighted by Gasteiger charge is 2.20. The Kier molecular flexibility index (Phi) is 4.19. The maximum Gasteiger partial charge on any atom is 0.251 e. The van der Waals surface area contributed by atoms with Gasteiger partial charge in [0.25, 0.3) is 5.91 Å². The number of hydrogen-bond acceptors (Lipinski definition) is 1. The Morgan fingerprint density at radius 2 is 2.04 bits per heavy atom. The van der Waals surface area contributed by atoms with Crippen LogP contribution >= 0.6 is 0 Å². The van der Waals surface area contributed by atoms with Crippen molar-refractivity contribution in [3.63, 3.8) is 0 Å². The van der Waals surface area contributed by atoms with Crippen molar-refractivity contribution in [3.8, 4) is 0 Å². The molecule has 28 heavy (non-hydrogen) atoms. The summed E-state index contributed by atoms with van der Waals surface area (Å²) in [7, 11) is 0. The summed E-state index contributed by atoms with van der Waals surface area (Å²) < 4.78 is 0. The lowest BCUT2D eigenvalue weighted by Crippen LogP contribution is -2.25. The molecule has 2 aromatic carbocycles. The van der Waals surface area contributed by atoms with E-state index in [1.165, 1.54) is 34.0 Å². The minimum absolute atomic E-state index is 0.000508. The Labute approximate surface area is 164 Å². The Balaban J connectivity index is 1.31. The summed E-state index contributed by atoms with van der Waals surface area (Å²) in [4.78, 5) is 19.5. The van der Waals surface area contributed by atoms with Gasteiger partial charge in [-0.1, -0.05) is 25.1 Å². The third-order valence-electron chi connectivity index (χ3n) is 6.05. The Hall–Kier alpha value is -3.01. The molecule has 0 saturated carbocycles. The maximum absolute atomic E-state index is 12.7. The van der Waals surface area contributed by atoms with Crippen LogP contribution in [0.4, 0.5) is 0 Å². The number of carbonyl (C=O) groups excluding carboxylic acids is 1. The molecule has 142 valence electrons. The molecular weight excluding hydrogens is 346 g/mol. The van der Waals surface area contributed by atoms with E-state index in [0.717, 1.165) is 35.9 Å². The van der Waals surface area contributed by atoms with E-state index in [2.05, 4.69) is 40.4 Å². The van der Waals surface area contributed by atoms with E-state index < -0.39 is 0 Å². The van der Waals surface area contributed by atoms with Gasteiger partial charge < -0.3 is 15.3 Å². The van der Waals surface area contributed by atoms with E-state index in [1.807, 2.05) is 30.5 Å². The van der Waals surface area contributed by atoms with Crippen LogP contribution in [0.25, 0.3) is 21.8 Å². The van der Waals surface area contributed by atoms with Crippen LogP contribution < -0.4 is 5.32 Å². The van der Waals surface area contributed by atoms with Crippen LogP contribution in [0.3, 0.4) is 0 Å². The molecule has 0 aliphatic heterocycles. The molecule has 0 fully saturated rings. The zero-order chi connectivity index (χ0) is 19.1. The fraction of sp³-hybridized carbons (Fsp3) is 0.292. The fourth-order valence-electron chi connectivity index (χ4n) is 4.48. The maximum atomic E-state index is 12.7. The predicted octanol–water partition coefficient (Wildman–Crippen LogP) is 4.75. The standard InChI is InChI=1S/C24H25N3O/c1-15-6-8-22-19(12-15)20-13-16(7-9-23(20)27-22)24(28)25-11-10-17-14-26-21-5-3-2-4-18(17)21/h2-5,7,9,13-15,26-27H,6,8,10-12H2,1H3,(H,25,28)/t15-/m0/s1. The van der Waals surface area contributed by atoms with Crippen molar-refractivity contribution < 1.29 is 4.79 Å². The van der Waals surface area contributed by atoms with Crippen LogP contribution in [-0.4, -0.2) is 22.4 Å². The number of fused-ring (bicyclic) bond motifs is 4. The quantitative estimate of drug-likeness (QED) is 0.476. The Morgan fingerprint density at radius 1 is 1.14 bits per heavy atom. The van der Waals surface area contributed by atoms with Crippen LogP contribution in [0, 0.1) is 5.92 Å². The largest absolute Gasteiger partial charge is 0.361 e. The van der Waals surface area contributed by atoms with Crippen molar-refractivity contribution in [2.75, 3.05) is 6.54 Å². The molecule has 0 bridgehead atoms. The molecule has 2 heterocycles. The fourth-order valence-corrected chi connectivity index (χ4v) is 4.48. The van der Waals surface area contributed by atoms with Crippen molar-refractivity contribution in [2.45, 2.75) is 32.6 Å². The average molecular weight is 371 g/mol. The number of aryl methyl sites for hydroxylation is 1. The highest BCUT2D eigenvalue weighted by molar-refractivity contribution is 5.99. The number of aromatic amines is 2. The van der Waals surface area contributed by atoms with Gasteiger partial charge >= 0.3 is 0 Å². The lowest BCUT2D eigenvalue weighted by atomic mass is 9.87. The van der Waals surface area contributed by atoms with Gasteiger partial charge in [-0.15, -0.1) is 0 Å². The second-order valence-corrected chi connectivity index (χ2v) is 8.06. The SMILES string of the molecule is C[C@H]1CCc2[nH]c3ccc(C(=O)NCCc4c[nH]c5ccccc45)cc3c2C1. The van der Waals surface area contributed by atoms with E-state index in [9.17, 15) is 4.79 Å². The number of carbonyl (C=O) groups is 1. The molecule has 4 nitrogen and oxygen atoms in total. The van der Waals surface area contributed by atoms with Crippen molar-refractivity contribution in [3.05, 3.63) is 71.0 Å². The Bertz CT molecular complexity index is 1170. The van der Waals surface area contributed by atoms with Gasteiger partial charge in [0.1, 0.15) is 0 Å². The number of H-pyrrole nitrogens is 2. The number of rotatable bonds is 4. The van der Waals surface area contributed by atoms with Gasteiger partial charge in [-0.2, -0.15) is 0 Å². The highest BCUT2D eigenvalue weighted by atomic mass is 16.1. The Morgan fingerprint density at radius 3 is 2.96 bits per heavy atom. The molecule has 4 aromatic rings. The second-order valence-electron chi connectivity index (χ2n) is 8.06. The van der Waals surface area contributed by atoms with E-state index >= 15 is 0 Å². The number of aromatic nitrogens is 2.